The third kappa shape index (κ3) is 4.06. The number of hydrogen-bond donors (Lipinski definition) is 1. The maximum atomic E-state index is 6.26. The van der Waals surface area contributed by atoms with Crippen LogP contribution in [0.15, 0.2) is 15.9 Å². The summed E-state index contributed by atoms with van der Waals surface area (Å²) in [5.41, 5.74) is 0.0559. The van der Waals surface area contributed by atoms with Crippen LogP contribution in [-0.2, 0) is 11.2 Å². The Morgan fingerprint density at radius 1 is 1.40 bits per heavy atom. The number of halogens is 1. The highest BCUT2D eigenvalue weighted by atomic mass is 79.9. The summed E-state index contributed by atoms with van der Waals surface area (Å²) in [5.74, 6) is 0. The Morgan fingerprint density at radius 2 is 2.15 bits per heavy atom. The summed E-state index contributed by atoms with van der Waals surface area (Å²) in [5, 5.41) is 5.94. The van der Waals surface area contributed by atoms with Gasteiger partial charge < -0.3 is 10.1 Å². The number of hydrogen-bond acceptors (Lipinski definition) is 3. The molecule has 1 aliphatic rings. The highest BCUT2D eigenvalue weighted by Gasteiger charge is 2.41. The number of thiophene rings is 1. The standard InChI is InChI=1S/C16H26BrNOS/c1-3-9-18-15(11-14-10-13(17)12-20-14)16(19-4-2)7-5-6-8-16/h10,12,15,18H,3-9,11H2,1-2H3. The van der Waals surface area contributed by atoms with Gasteiger partial charge in [0, 0.05) is 27.4 Å². The van der Waals surface area contributed by atoms with Crippen LogP contribution in [-0.4, -0.2) is 24.8 Å². The summed E-state index contributed by atoms with van der Waals surface area (Å²) in [4.78, 5) is 1.44. The normalized spacial score (nSPS) is 19.4. The second-order valence-corrected chi connectivity index (χ2v) is 7.56. The lowest BCUT2D eigenvalue weighted by atomic mass is 9.89. The van der Waals surface area contributed by atoms with Crippen molar-refractivity contribution in [2.75, 3.05) is 13.2 Å². The van der Waals surface area contributed by atoms with Crippen molar-refractivity contribution in [3.8, 4) is 0 Å². The summed E-state index contributed by atoms with van der Waals surface area (Å²) in [6, 6.07) is 2.69. The van der Waals surface area contributed by atoms with Gasteiger partial charge in [0.15, 0.2) is 0 Å². The van der Waals surface area contributed by atoms with Crippen molar-refractivity contribution in [1.82, 2.24) is 5.32 Å². The Morgan fingerprint density at radius 3 is 2.70 bits per heavy atom. The molecule has 1 fully saturated rings. The molecule has 0 bridgehead atoms. The van der Waals surface area contributed by atoms with Gasteiger partial charge in [0.05, 0.1) is 5.60 Å². The second kappa shape index (κ2) is 7.92. The van der Waals surface area contributed by atoms with E-state index in [0.29, 0.717) is 6.04 Å². The van der Waals surface area contributed by atoms with Gasteiger partial charge >= 0.3 is 0 Å². The van der Waals surface area contributed by atoms with Gasteiger partial charge in [0.1, 0.15) is 0 Å². The number of ether oxygens (including phenoxy) is 1. The van der Waals surface area contributed by atoms with Crippen molar-refractivity contribution in [1.29, 1.82) is 0 Å². The molecule has 1 aliphatic carbocycles. The highest BCUT2D eigenvalue weighted by molar-refractivity contribution is 9.10. The van der Waals surface area contributed by atoms with E-state index in [0.717, 1.165) is 19.6 Å². The molecule has 20 heavy (non-hydrogen) atoms. The molecule has 0 amide bonds. The zero-order valence-electron chi connectivity index (χ0n) is 12.6. The quantitative estimate of drug-likeness (QED) is 0.721. The van der Waals surface area contributed by atoms with Crippen LogP contribution in [0.3, 0.4) is 0 Å². The van der Waals surface area contributed by atoms with Crippen LogP contribution in [0.1, 0.15) is 50.8 Å². The molecule has 1 aromatic heterocycles. The molecule has 0 aliphatic heterocycles. The third-order valence-corrected chi connectivity index (χ3v) is 5.90. The molecule has 0 radical (unpaired) electrons. The van der Waals surface area contributed by atoms with Crippen LogP contribution in [0.5, 0.6) is 0 Å². The molecular weight excluding hydrogens is 334 g/mol. The highest BCUT2D eigenvalue weighted by Crippen LogP contribution is 2.38. The average molecular weight is 360 g/mol. The average Bonchev–Trinajstić information content (AvgIpc) is 3.05. The van der Waals surface area contributed by atoms with Gasteiger partial charge in [-0.05, 0) is 61.1 Å². The molecular formula is C16H26BrNOS. The lowest BCUT2D eigenvalue weighted by Crippen LogP contribution is -2.52. The van der Waals surface area contributed by atoms with Crippen LogP contribution in [0, 0.1) is 0 Å². The number of rotatable bonds is 8. The third-order valence-electron chi connectivity index (χ3n) is 4.18. The molecule has 1 saturated carbocycles. The monoisotopic (exact) mass is 359 g/mol. The van der Waals surface area contributed by atoms with Crippen LogP contribution >= 0.6 is 27.3 Å². The van der Waals surface area contributed by atoms with Crippen molar-refractivity contribution in [3.63, 3.8) is 0 Å². The molecule has 1 aromatic rings. The zero-order valence-corrected chi connectivity index (χ0v) is 15.0. The fraction of sp³-hybridized carbons (Fsp3) is 0.750. The molecule has 0 saturated heterocycles. The predicted octanol–water partition coefficient (Wildman–Crippen LogP) is 4.77. The minimum absolute atomic E-state index is 0.0559. The summed E-state index contributed by atoms with van der Waals surface area (Å²) >= 11 is 5.41. The van der Waals surface area contributed by atoms with Gasteiger partial charge in [-0.2, -0.15) is 0 Å². The molecule has 1 atom stereocenters. The van der Waals surface area contributed by atoms with Crippen molar-refractivity contribution < 1.29 is 4.74 Å². The van der Waals surface area contributed by atoms with E-state index in [2.05, 4.69) is 46.5 Å². The lowest BCUT2D eigenvalue weighted by molar-refractivity contribution is -0.0610. The van der Waals surface area contributed by atoms with Crippen molar-refractivity contribution in [2.45, 2.75) is 64.0 Å². The first-order valence-corrected chi connectivity index (χ1v) is 9.47. The van der Waals surface area contributed by atoms with E-state index in [-0.39, 0.29) is 5.60 Å². The first-order valence-electron chi connectivity index (χ1n) is 7.80. The largest absolute Gasteiger partial charge is 0.374 e. The Kier molecular flexibility index (Phi) is 6.53. The minimum Gasteiger partial charge on any atom is -0.374 e. The fourth-order valence-electron chi connectivity index (χ4n) is 3.28. The number of nitrogens with one attached hydrogen (secondary N) is 1. The first-order chi connectivity index (χ1) is 9.70. The summed E-state index contributed by atoms with van der Waals surface area (Å²) in [7, 11) is 0. The van der Waals surface area contributed by atoms with Crippen LogP contribution in [0.4, 0.5) is 0 Å². The van der Waals surface area contributed by atoms with Gasteiger partial charge in [-0.25, -0.2) is 0 Å². The fourth-order valence-corrected chi connectivity index (χ4v) is 4.78. The van der Waals surface area contributed by atoms with Gasteiger partial charge in [0.2, 0.25) is 0 Å². The summed E-state index contributed by atoms with van der Waals surface area (Å²) < 4.78 is 7.46. The molecule has 1 N–H and O–H groups in total. The topological polar surface area (TPSA) is 21.3 Å². The maximum Gasteiger partial charge on any atom is 0.0838 e. The van der Waals surface area contributed by atoms with Gasteiger partial charge in [-0.1, -0.05) is 19.8 Å². The van der Waals surface area contributed by atoms with Crippen molar-refractivity contribution in [2.24, 2.45) is 0 Å². The molecule has 0 spiro atoms. The van der Waals surface area contributed by atoms with Gasteiger partial charge in [-0.15, -0.1) is 11.3 Å². The molecule has 114 valence electrons. The van der Waals surface area contributed by atoms with Crippen molar-refractivity contribution in [3.05, 3.63) is 20.8 Å². The van der Waals surface area contributed by atoms with E-state index in [1.165, 1.54) is 41.5 Å². The van der Waals surface area contributed by atoms with E-state index in [1.54, 1.807) is 0 Å². The van der Waals surface area contributed by atoms with Crippen LogP contribution in [0.2, 0.25) is 0 Å². The van der Waals surface area contributed by atoms with Crippen molar-refractivity contribution >= 4 is 27.3 Å². The van der Waals surface area contributed by atoms with E-state index in [1.807, 2.05) is 11.3 Å². The van der Waals surface area contributed by atoms with E-state index >= 15 is 0 Å². The minimum atomic E-state index is 0.0559. The predicted molar refractivity (Wildman–Crippen MR) is 90.6 cm³/mol. The van der Waals surface area contributed by atoms with E-state index in [9.17, 15) is 0 Å². The molecule has 4 heteroatoms. The Hall–Kier alpha value is 0.1000. The van der Waals surface area contributed by atoms with Crippen LogP contribution in [0.25, 0.3) is 0 Å². The SMILES string of the molecule is CCCNC(Cc1cc(Br)cs1)C1(OCC)CCCC1. The molecule has 0 aromatic carbocycles. The first kappa shape index (κ1) is 16.5. The molecule has 1 heterocycles. The van der Waals surface area contributed by atoms with E-state index in [4.69, 9.17) is 4.74 Å². The van der Waals surface area contributed by atoms with E-state index < -0.39 is 0 Å². The Balaban J connectivity index is 2.12. The molecule has 2 nitrogen and oxygen atoms in total. The smallest absolute Gasteiger partial charge is 0.0838 e. The van der Waals surface area contributed by atoms with Gasteiger partial charge in [0.25, 0.3) is 0 Å². The lowest BCUT2D eigenvalue weighted by Gasteiger charge is -2.38. The Bertz CT molecular complexity index is 401. The molecule has 1 unspecified atom stereocenters. The summed E-state index contributed by atoms with van der Waals surface area (Å²) in [6.45, 7) is 6.25. The maximum absolute atomic E-state index is 6.26. The second-order valence-electron chi connectivity index (χ2n) is 5.65. The summed E-state index contributed by atoms with van der Waals surface area (Å²) in [6.07, 6.45) is 7.27. The molecule has 2 rings (SSSR count). The Labute approximate surface area is 135 Å². The van der Waals surface area contributed by atoms with Gasteiger partial charge in [-0.3, -0.25) is 0 Å². The zero-order chi connectivity index (χ0) is 14.4. The van der Waals surface area contributed by atoms with Crippen LogP contribution < -0.4 is 5.32 Å².